The van der Waals surface area contributed by atoms with Crippen LogP contribution in [0.3, 0.4) is 0 Å². The van der Waals surface area contributed by atoms with Gasteiger partial charge in [0.25, 0.3) is 0 Å². The van der Waals surface area contributed by atoms with Crippen molar-refractivity contribution in [1.82, 2.24) is 30.2 Å². The third-order valence-electron chi connectivity index (χ3n) is 9.99. The molecule has 5 amide bonds. The SMILES string of the molecule is CC(C)n1nccc1N(C=O)[C@H](C(=O)Nc1ccc([C@H](C)[C@@H](NC(=O)NC2CC2)C(=O)N2CCN(C)CC2)cc1F)C1CCCCCC1. The van der Waals surface area contributed by atoms with Crippen LogP contribution in [0.2, 0.25) is 0 Å². The summed E-state index contributed by atoms with van der Waals surface area (Å²) in [5.41, 5.74) is 0.500. The molecule has 3 atom stereocenters. The minimum atomic E-state index is -0.904. The predicted octanol–water partition coefficient (Wildman–Crippen LogP) is 4.25. The number of anilines is 2. The molecule has 1 aromatic carbocycles. The van der Waals surface area contributed by atoms with Gasteiger partial charge in [-0.1, -0.05) is 38.7 Å². The fourth-order valence-corrected chi connectivity index (χ4v) is 6.90. The van der Waals surface area contributed by atoms with Gasteiger partial charge in [-0.25, -0.2) is 13.9 Å². The summed E-state index contributed by atoms with van der Waals surface area (Å²) in [4.78, 5) is 58.6. The van der Waals surface area contributed by atoms with Crippen LogP contribution in [0.15, 0.2) is 30.5 Å². The van der Waals surface area contributed by atoms with E-state index < -0.39 is 35.8 Å². The smallest absolute Gasteiger partial charge is 0.315 e. The van der Waals surface area contributed by atoms with Crippen molar-refractivity contribution in [2.24, 2.45) is 5.92 Å². The number of nitrogens with one attached hydrogen (secondary N) is 3. The van der Waals surface area contributed by atoms with Crippen molar-refractivity contribution in [3.05, 3.63) is 41.8 Å². The Hall–Kier alpha value is -4.00. The fourth-order valence-electron chi connectivity index (χ4n) is 6.90. The molecule has 2 saturated carbocycles. The molecule has 1 aromatic heterocycles. The molecular formula is C35H51FN8O4. The van der Waals surface area contributed by atoms with E-state index in [9.17, 15) is 19.2 Å². The lowest BCUT2D eigenvalue weighted by atomic mass is 9.89. The summed E-state index contributed by atoms with van der Waals surface area (Å²) in [7, 11) is 2.00. The van der Waals surface area contributed by atoms with E-state index in [1.165, 1.54) is 17.0 Å². The lowest BCUT2D eigenvalue weighted by molar-refractivity contribution is -0.135. The molecule has 3 fully saturated rings. The number of rotatable bonds is 12. The fraction of sp³-hybridized carbons (Fsp3) is 0.629. The number of hydrogen-bond acceptors (Lipinski definition) is 6. The molecule has 0 radical (unpaired) electrons. The number of piperazine rings is 1. The summed E-state index contributed by atoms with van der Waals surface area (Å²) in [6, 6.07) is 4.12. The highest BCUT2D eigenvalue weighted by molar-refractivity contribution is 6.00. The number of carbonyl (C=O) groups is 4. The Morgan fingerprint density at radius 1 is 0.979 bits per heavy atom. The average molecular weight is 667 g/mol. The zero-order valence-corrected chi connectivity index (χ0v) is 28.7. The zero-order chi connectivity index (χ0) is 34.4. The molecule has 2 heterocycles. The minimum absolute atomic E-state index is 0.0147. The van der Waals surface area contributed by atoms with Crippen molar-refractivity contribution >= 4 is 35.8 Å². The van der Waals surface area contributed by atoms with Crippen LogP contribution in [0.1, 0.15) is 89.7 Å². The first-order chi connectivity index (χ1) is 23.1. The van der Waals surface area contributed by atoms with Gasteiger partial charge in [-0.3, -0.25) is 19.3 Å². The number of benzene rings is 1. The highest BCUT2D eigenvalue weighted by atomic mass is 19.1. The Kier molecular flexibility index (Phi) is 11.7. The second-order valence-electron chi connectivity index (χ2n) is 14.0. The molecule has 1 saturated heterocycles. The molecular weight excluding hydrogens is 615 g/mol. The quantitative estimate of drug-likeness (QED) is 0.229. The summed E-state index contributed by atoms with van der Waals surface area (Å²) in [5.74, 6) is -1.48. The maximum atomic E-state index is 15.9. The summed E-state index contributed by atoms with van der Waals surface area (Å²) >= 11 is 0. The molecule has 2 aromatic rings. The molecule has 0 unspecified atom stereocenters. The van der Waals surface area contributed by atoms with Gasteiger partial charge in [-0.2, -0.15) is 5.10 Å². The second kappa shape index (κ2) is 15.9. The lowest BCUT2D eigenvalue weighted by Gasteiger charge is -2.36. The first kappa shape index (κ1) is 35.3. The molecule has 5 rings (SSSR count). The van der Waals surface area contributed by atoms with Gasteiger partial charge in [0, 0.05) is 50.2 Å². The van der Waals surface area contributed by atoms with Crippen molar-refractivity contribution in [3.8, 4) is 0 Å². The number of aromatic nitrogens is 2. The highest BCUT2D eigenvalue weighted by Gasteiger charge is 2.37. The second-order valence-corrected chi connectivity index (χ2v) is 14.0. The summed E-state index contributed by atoms with van der Waals surface area (Å²) in [6.07, 6.45) is 9.70. The molecule has 13 heteroatoms. The summed E-state index contributed by atoms with van der Waals surface area (Å²) in [5, 5.41) is 12.9. The van der Waals surface area contributed by atoms with Crippen LogP contribution in [-0.2, 0) is 14.4 Å². The van der Waals surface area contributed by atoms with Crippen LogP contribution in [0.5, 0.6) is 0 Å². The van der Waals surface area contributed by atoms with Gasteiger partial charge in [-0.05, 0) is 70.2 Å². The van der Waals surface area contributed by atoms with Gasteiger partial charge in [0.15, 0.2) is 0 Å². The van der Waals surface area contributed by atoms with Gasteiger partial charge in [0.2, 0.25) is 18.2 Å². The highest BCUT2D eigenvalue weighted by Crippen LogP contribution is 2.33. The van der Waals surface area contributed by atoms with E-state index in [1.54, 1.807) is 34.8 Å². The van der Waals surface area contributed by atoms with Crippen molar-refractivity contribution in [1.29, 1.82) is 0 Å². The molecule has 48 heavy (non-hydrogen) atoms. The molecule has 0 spiro atoms. The van der Waals surface area contributed by atoms with E-state index in [4.69, 9.17) is 0 Å². The standard InChI is InChI=1S/C35H51FN8O4/c1-23(2)44-30(15-16-37-44)43(22-45)32(25-9-7-5-6-8-10-25)33(46)39-29-14-11-26(21-28(29)36)24(3)31(40-35(48)38-27-12-13-27)34(47)42-19-17-41(4)18-20-42/h11,14-16,21-25,27,31-32H,5-10,12-13,17-20H2,1-4H3,(H,39,46)(H2,38,40,48)/t24-,31+,32-/m0/s1. The number of amides is 5. The first-order valence-corrected chi connectivity index (χ1v) is 17.5. The molecule has 0 bridgehead atoms. The number of hydrogen-bond donors (Lipinski definition) is 3. The maximum absolute atomic E-state index is 15.9. The lowest BCUT2D eigenvalue weighted by Crippen LogP contribution is -2.57. The largest absolute Gasteiger partial charge is 0.338 e. The van der Waals surface area contributed by atoms with Gasteiger partial charge >= 0.3 is 6.03 Å². The van der Waals surface area contributed by atoms with Crippen LogP contribution in [0.4, 0.5) is 20.7 Å². The van der Waals surface area contributed by atoms with Crippen molar-refractivity contribution in [3.63, 3.8) is 0 Å². The van der Waals surface area contributed by atoms with E-state index in [0.717, 1.165) is 64.5 Å². The van der Waals surface area contributed by atoms with Crippen molar-refractivity contribution in [2.45, 2.75) is 102 Å². The first-order valence-electron chi connectivity index (χ1n) is 17.5. The molecule has 12 nitrogen and oxygen atoms in total. The Balaban J connectivity index is 1.37. The van der Waals surface area contributed by atoms with E-state index in [0.29, 0.717) is 30.9 Å². The van der Waals surface area contributed by atoms with Gasteiger partial charge in [0.1, 0.15) is 23.7 Å². The van der Waals surface area contributed by atoms with Crippen LogP contribution in [0.25, 0.3) is 0 Å². The Bertz CT molecular complexity index is 1430. The van der Waals surface area contributed by atoms with Crippen molar-refractivity contribution in [2.75, 3.05) is 43.4 Å². The van der Waals surface area contributed by atoms with E-state index in [-0.39, 0.29) is 29.6 Å². The minimum Gasteiger partial charge on any atom is -0.338 e. The number of nitrogens with zero attached hydrogens (tertiary/aromatic N) is 5. The Labute approximate surface area is 282 Å². The van der Waals surface area contributed by atoms with Gasteiger partial charge in [-0.15, -0.1) is 0 Å². The zero-order valence-electron chi connectivity index (χ0n) is 28.7. The van der Waals surface area contributed by atoms with Crippen molar-refractivity contribution < 1.29 is 23.6 Å². The Morgan fingerprint density at radius 2 is 1.67 bits per heavy atom. The van der Waals surface area contributed by atoms with Crippen LogP contribution < -0.4 is 20.9 Å². The number of likely N-dealkylation sites (N-methyl/N-ethyl adjacent to an activating group) is 1. The van der Waals surface area contributed by atoms with E-state index in [2.05, 4.69) is 25.9 Å². The van der Waals surface area contributed by atoms with Crippen LogP contribution in [0, 0.1) is 11.7 Å². The average Bonchev–Trinajstić information content (AvgIpc) is 3.81. The molecule has 2 aliphatic carbocycles. The maximum Gasteiger partial charge on any atom is 0.315 e. The third kappa shape index (κ3) is 8.53. The van der Waals surface area contributed by atoms with E-state index >= 15 is 4.39 Å². The number of carbonyl (C=O) groups excluding carboxylic acids is 4. The topological polar surface area (TPSA) is 132 Å². The Morgan fingerprint density at radius 3 is 2.27 bits per heavy atom. The normalized spacial score (nSPS) is 19.6. The monoisotopic (exact) mass is 666 g/mol. The molecule has 3 aliphatic rings. The summed E-state index contributed by atoms with van der Waals surface area (Å²) < 4.78 is 17.6. The number of halogens is 1. The van der Waals surface area contributed by atoms with Crippen LogP contribution in [-0.4, -0.2) is 95.2 Å². The third-order valence-corrected chi connectivity index (χ3v) is 9.99. The number of urea groups is 1. The van der Waals surface area contributed by atoms with Gasteiger partial charge < -0.3 is 25.8 Å². The molecule has 262 valence electrons. The molecule has 1 aliphatic heterocycles. The summed E-state index contributed by atoms with van der Waals surface area (Å²) in [6.45, 7) is 8.25. The predicted molar refractivity (Wildman–Crippen MR) is 182 cm³/mol. The van der Waals surface area contributed by atoms with E-state index in [1.807, 2.05) is 20.9 Å². The van der Waals surface area contributed by atoms with Gasteiger partial charge in [0.05, 0.1) is 11.9 Å². The molecule has 3 N–H and O–H groups in total. The van der Waals surface area contributed by atoms with Crippen LogP contribution >= 0.6 is 0 Å².